The van der Waals surface area contributed by atoms with Gasteiger partial charge in [0.2, 0.25) is 0 Å². The molecule has 9 heteroatoms. The van der Waals surface area contributed by atoms with E-state index in [2.05, 4.69) is 34.4 Å². The summed E-state index contributed by atoms with van der Waals surface area (Å²) in [5.74, 6) is 0. The van der Waals surface area contributed by atoms with Crippen LogP contribution in [0.25, 0.3) is 22.4 Å². The van der Waals surface area contributed by atoms with Crippen molar-refractivity contribution in [2.24, 2.45) is 7.05 Å². The minimum absolute atomic E-state index is 0.171. The second kappa shape index (κ2) is 8.08. The van der Waals surface area contributed by atoms with Crippen molar-refractivity contribution >= 4 is 21.6 Å². The maximum absolute atomic E-state index is 11.7. The first-order valence-corrected chi connectivity index (χ1v) is 12.0. The van der Waals surface area contributed by atoms with Crippen molar-refractivity contribution in [1.82, 2.24) is 19.9 Å². The molecule has 0 radical (unpaired) electrons. The summed E-state index contributed by atoms with van der Waals surface area (Å²) in [6.07, 6.45) is 4.48. The number of benzene rings is 2. The minimum Gasteiger partial charge on any atom is -0.363 e. The maximum Gasteiger partial charge on any atom is 0.191 e. The highest BCUT2D eigenvalue weighted by Crippen LogP contribution is 2.37. The van der Waals surface area contributed by atoms with Crippen molar-refractivity contribution in [1.29, 1.82) is 0 Å². The number of aromatic nitrogens is 4. The predicted octanol–water partition coefficient (Wildman–Crippen LogP) is 4.39. The van der Waals surface area contributed by atoms with Gasteiger partial charge in [-0.15, -0.1) is 10.2 Å². The van der Waals surface area contributed by atoms with Crippen molar-refractivity contribution in [3.05, 3.63) is 66.7 Å². The highest BCUT2D eigenvalue weighted by atomic mass is 32.2. The van der Waals surface area contributed by atoms with E-state index in [0.29, 0.717) is 5.69 Å². The van der Waals surface area contributed by atoms with Gasteiger partial charge >= 0.3 is 0 Å². The van der Waals surface area contributed by atoms with E-state index < -0.39 is 9.84 Å². The summed E-state index contributed by atoms with van der Waals surface area (Å²) in [5, 5.41) is 13.2. The van der Waals surface area contributed by atoms with Gasteiger partial charge in [-0.05, 0) is 36.2 Å². The summed E-state index contributed by atoms with van der Waals surface area (Å²) in [4.78, 5) is 0.271. The Bertz CT molecular complexity index is 1280. The van der Waals surface area contributed by atoms with Crippen LogP contribution in [-0.4, -0.2) is 34.6 Å². The lowest BCUT2D eigenvalue weighted by Crippen LogP contribution is -1.96. The number of thioether (sulfide) groups is 1. The van der Waals surface area contributed by atoms with Crippen molar-refractivity contribution in [3.8, 4) is 22.4 Å². The first kappa shape index (κ1) is 20.4. The Kier molecular flexibility index (Phi) is 5.48. The molecule has 0 spiro atoms. The molecule has 0 amide bonds. The van der Waals surface area contributed by atoms with E-state index >= 15 is 0 Å². The van der Waals surface area contributed by atoms with Gasteiger partial charge in [0.05, 0.1) is 4.90 Å². The summed E-state index contributed by atoms with van der Waals surface area (Å²) < 4.78 is 30.6. The van der Waals surface area contributed by atoms with Crippen LogP contribution in [0.15, 0.2) is 75.7 Å². The Balaban J connectivity index is 1.64. The molecule has 154 valence electrons. The van der Waals surface area contributed by atoms with E-state index in [-0.39, 0.29) is 10.1 Å². The van der Waals surface area contributed by atoms with E-state index in [1.807, 2.05) is 23.7 Å². The van der Waals surface area contributed by atoms with Gasteiger partial charge in [-0.3, -0.25) is 0 Å². The van der Waals surface area contributed by atoms with Crippen LogP contribution in [0, 0.1) is 0 Å². The maximum atomic E-state index is 11.7. The Morgan fingerprint density at radius 1 is 1.10 bits per heavy atom. The van der Waals surface area contributed by atoms with E-state index in [9.17, 15) is 8.42 Å². The monoisotopic (exact) mass is 440 g/mol. The molecule has 0 saturated carbocycles. The Hall–Kier alpha value is -2.91. The fraction of sp³-hybridized carbons (Fsp3) is 0.190. The SMILES string of the molecule is C[C@H](Sc1nncn1C)c1cccc(-c2conc2-c2ccc(S(C)(=O)=O)cc2)c1. The molecular weight excluding hydrogens is 420 g/mol. The molecular formula is C21H20N4O3S2. The lowest BCUT2D eigenvalue weighted by Gasteiger charge is -2.12. The third-order valence-corrected chi connectivity index (χ3v) is 7.08. The van der Waals surface area contributed by atoms with Crippen LogP contribution < -0.4 is 0 Å². The van der Waals surface area contributed by atoms with E-state index in [1.165, 1.54) is 6.26 Å². The molecule has 0 saturated heterocycles. The minimum atomic E-state index is -3.25. The second-order valence-electron chi connectivity index (χ2n) is 6.98. The molecule has 0 N–H and O–H groups in total. The van der Waals surface area contributed by atoms with Crippen LogP contribution in [0.4, 0.5) is 0 Å². The zero-order valence-corrected chi connectivity index (χ0v) is 18.3. The Morgan fingerprint density at radius 2 is 1.87 bits per heavy atom. The number of hydrogen-bond donors (Lipinski definition) is 0. The molecule has 30 heavy (non-hydrogen) atoms. The van der Waals surface area contributed by atoms with Crippen LogP contribution in [0.2, 0.25) is 0 Å². The molecule has 7 nitrogen and oxygen atoms in total. The zero-order valence-electron chi connectivity index (χ0n) is 16.7. The van der Waals surface area contributed by atoms with Crippen molar-refractivity contribution in [3.63, 3.8) is 0 Å². The summed E-state index contributed by atoms with van der Waals surface area (Å²) >= 11 is 1.63. The molecule has 0 bridgehead atoms. The predicted molar refractivity (Wildman–Crippen MR) is 116 cm³/mol. The second-order valence-corrected chi connectivity index (χ2v) is 10.3. The first-order valence-electron chi connectivity index (χ1n) is 9.19. The van der Waals surface area contributed by atoms with Crippen LogP contribution in [-0.2, 0) is 16.9 Å². The van der Waals surface area contributed by atoms with Gasteiger partial charge in [0, 0.05) is 29.7 Å². The highest BCUT2D eigenvalue weighted by Gasteiger charge is 2.16. The lowest BCUT2D eigenvalue weighted by atomic mass is 9.99. The van der Waals surface area contributed by atoms with Crippen LogP contribution >= 0.6 is 11.8 Å². The molecule has 0 aliphatic heterocycles. The fourth-order valence-electron chi connectivity index (χ4n) is 3.07. The van der Waals surface area contributed by atoms with Crippen LogP contribution in [0.1, 0.15) is 17.7 Å². The van der Waals surface area contributed by atoms with Crippen molar-refractivity contribution in [2.75, 3.05) is 6.26 Å². The van der Waals surface area contributed by atoms with Crippen molar-refractivity contribution in [2.45, 2.75) is 22.2 Å². The average Bonchev–Trinajstić information content (AvgIpc) is 3.37. The zero-order chi connectivity index (χ0) is 21.3. The molecule has 0 aliphatic carbocycles. The standard InChI is InChI=1S/C21H20N4O3S2/c1-14(29-21-23-22-13-25(21)2)16-5-4-6-17(11-16)19-12-28-24-20(19)15-7-9-18(10-8-15)30(3,26)27/h4-14H,1-3H3/t14-/m0/s1. The summed E-state index contributed by atoms with van der Waals surface area (Å²) in [6, 6.07) is 14.8. The number of nitrogens with zero attached hydrogens (tertiary/aromatic N) is 4. The number of rotatable bonds is 6. The number of sulfone groups is 1. The molecule has 0 fully saturated rings. The average molecular weight is 441 g/mol. The fourth-order valence-corrected chi connectivity index (χ4v) is 4.61. The summed E-state index contributed by atoms with van der Waals surface area (Å²) in [6.45, 7) is 2.12. The third kappa shape index (κ3) is 4.17. The third-order valence-electron chi connectivity index (χ3n) is 4.74. The van der Waals surface area contributed by atoms with Gasteiger partial charge in [-0.2, -0.15) is 0 Å². The smallest absolute Gasteiger partial charge is 0.191 e. The van der Waals surface area contributed by atoms with Crippen LogP contribution in [0.3, 0.4) is 0 Å². The van der Waals surface area contributed by atoms with Crippen LogP contribution in [0.5, 0.6) is 0 Å². The summed E-state index contributed by atoms with van der Waals surface area (Å²) in [5.41, 5.74) is 4.42. The molecule has 4 rings (SSSR count). The quantitative estimate of drug-likeness (QED) is 0.411. The van der Waals surface area contributed by atoms with Gasteiger partial charge in [0.15, 0.2) is 15.0 Å². The normalized spacial score (nSPS) is 12.8. The van der Waals surface area contributed by atoms with Gasteiger partial charge in [0.25, 0.3) is 0 Å². The van der Waals surface area contributed by atoms with Gasteiger partial charge in [-0.25, -0.2) is 8.42 Å². The summed E-state index contributed by atoms with van der Waals surface area (Å²) in [7, 11) is -1.33. The van der Waals surface area contributed by atoms with Crippen molar-refractivity contribution < 1.29 is 12.9 Å². The Labute approximate surface area is 179 Å². The molecule has 1 atom stereocenters. The molecule has 2 aromatic carbocycles. The number of aryl methyl sites for hydroxylation is 1. The first-order chi connectivity index (χ1) is 14.3. The lowest BCUT2D eigenvalue weighted by molar-refractivity contribution is 0.422. The molecule has 2 heterocycles. The topological polar surface area (TPSA) is 90.9 Å². The largest absolute Gasteiger partial charge is 0.363 e. The number of hydrogen-bond acceptors (Lipinski definition) is 7. The molecule has 0 unspecified atom stereocenters. The highest BCUT2D eigenvalue weighted by molar-refractivity contribution is 7.99. The molecule has 2 aromatic heterocycles. The molecule has 0 aliphatic rings. The molecule has 4 aromatic rings. The van der Waals surface area contributed by atoms with E-state index in [4.69, 9.17) is 4.52 Å². The van der Waals surface area contributed by atoms with Gasteiger partial charge in [0.1, 0.15) is 18.3 Å². The van der Waals surface area contributed by atoms with Gasteiger partial charge < -0.3 is 9.09 Å². The van der Waals surface area contributed by atoms with Gasteiger partial charge in [-0.1, -0.05) is 47.3 Å². The van der Waals surface area contributed by atoms with E-state index in [1.54, 1.807) is 48.6 Å². The Morgan fingerprint density at radius 3 is 2.53 bits per heavy atom. The van der Waals surface area contributed by atoms with E-state index in [0.717, 1.165) is 27.4 Å².